The van der Waals surface area contributed by atoms with Crippen LogP contribution in [0.4, 0.5) is 13.2 Å². The average Bonchev–Trinajstić information content (AvgIpc) is 2.42. The van der Waals surface area contributed by atoms with E-state index in [1.54, 1.807) is 10.8 Å². The Morgan fingerprint density at radius 3 is 2.06 bits per heavy atom. The van der Waals surface area contributed by atoms with E-state index in [2.05, 4.69) is 6.07 Å². The molecule has 0 radical (unpaired) electrons. The first-order chi connectivity index (χ1) is 7.49. The number of rotatable bonds is 0. The Labute approximate surface area is 95.3 Å². The number of nitriles is 1. The molecule has 0 bridgehead atoms. The summed E-state index contributed by atoms with van der Waals surface area (Å²) in [7, 11) is -2.35. The van der Waals surface area contributed by atoms with Crippen LogP contribution in [-0.2, 0) is 24.2 Å². The predicted octanol–water partition coefficient (Wildman–Crippen LogP) is -0.227. The zero-order valence-corrected chi connectivity index (χ0v) is 9.58. The van der Waals surface area contributed by atoms with Crippen LogP contribution >= 0.6 is 0 Å². The number of aryl methyl sites for hydroxylation is 2. The van der Waals surface area contributed by atoms with Crippen LogP contribution in [0.3, 0.4) is 0 Å². The smallest absolute Gasteiger partial charge is 0.485 e. The highest BCUT2D eigenvalue weighted by Gasteiger charge is 2.36. The van der Waals surface area contributed by atoms with Crippen molar-refractivity contribution in [2.45, 2.75) is 5.51 Å². The Morgan fingerprint density at radius 2 is 1.94 bits per heavy atom. The quantitative estimate of drug-likeness (QED) is 0.370. The van der Waals surface area contributed by atoms with E-state index in [1.807, 2.05) is 25.0 Å². The predicted molar refractivity (Wildman–Crippen MR) is 47.1 cm³/mol. The standard InChI is InChI=1S/C6H8N3.CHF3O3S/c1-8-4-6(3-7)9(2)5-8;2-1(3,4)8(5,6)7/h4-5H,1-2H3;(H,5,6,7)/q+1;/p-1. The van der Waals surface area contributed by atoms with Crippen molar-refractivity contribution in [2.75, 3.05) is 0 Å². The highest BCUT2D eigenvalue weighted by Crippen LogP contribution is 2.20. The summed E-state index contributed by atoms with van der Waals surface area (Å²) in [5, 5.41) is 8.45. The van der Waals surface area contributed by atoms with Gasteiger partial charge in [0.2, 0.25) is 12.0 Å². The SMILES string of the molecule is Cn1c[n+](C)cc1C#N.O=S(=O)([O-])C(F)(F)F. The van der Waals surface area contributed by atoms with Gasteiger partial charge in [0.05, 0.1) is 14.1 Å². The maximum absolute atomic E-state index is 10.7. The summed E-state index contributed by atoms with van der Waals surface area (Å²) in [6, 6.07) is 2.06. The van der Waals surface area contributed by atoms with E-state index < -0.39 is 15.6 Å². The van der Waals surface area contributed by atoms with Crippen LogP contribution in [0.1, 0.15) is 5.69 Å². The number of nitrogens with zero attached hydrogens (tertiary/aromatic N) is 3. The van der Waals surface area contributed by atoms with E-state index in [0.717, 1.165) is 0 Å². The van der Waals surface area contributed by atoms with Crippen LogP contribution in [0.5, 0.6) is 0 Å². The summed E-state index contributed by atoms with van der Waals surface area (Å²) in [6.45, 7) is 0. The van der Waals surface area contributed by atoms with E-state index in [9.17, 15) is 13.2 Å². The molecule has 0 aliphatic rings. The summed E-state index contributed by atoms with van der Waals surface area (Å²) >= 11 is 0. The molecule has 0 saturated carbocycles. The van der Waals surface area contributed by atoms with Gasteiger partial charge in [0, 0.05) is 0 Å². The third-order valence-corrected chi connectivity index (χ3v) is 2.03. The fourth-order valence-corrected chi connectivity index (χ4v) is 0.760. The largest absolute Gasteiger partial charge is 0.741 e. The zero-order valence-electron chi connectivity index (χ0n) is 8.76. The van der Waals surface area contributed by atoms with Gasteiger partial charge in [-0.05, 0) is 0 Å². The molecule has 0 fully saturated rings. The van der Waals surface area contributed by atoms with Crippen molar-refractivity contribution < 1.29 is 30.7 Å². The fourth-order valence-electron chi connectivity index (χ4n) is 0.760. The summed E-state index contributed by atoms with van der Waals surface area (Å²) in [4.78, 5) is 0. The van der Waals surface area contributed by atoms with E-state index in [4.69, 9.17) is 18.2 Å². The summed E-state index contributed by atoms with van der Waals surface area (Å²) < 4.78 is 62.5. The number of aromatic nitrogens is 2. The number of imidazole rings is 1. The highest BCUT2D eigenvalue weighted by atomic mass is 32.2. The van der Waals surface area contributed by atoms with Crippen molar-refractivity contribution >= 4 is 10.1 Å². The third kappa shape index (κ3) is 4.83. The lowest BCUT2D eigenvalue weighted by Gasteiger charge is -2.08. The molecule has 6 nitrogen and oxygen atoms in total. The van der Waals surface area contributed by atoms with Crippen molar-refractivity contribution in [1.82, 2.24) is 4.57 Å². The monoisotopic (exact) mass is 271 g/mol. The molecule has 1 aromatic rings. The molecule has 1 rings (SSSR count). The average molecular weight is 271 g/mol. The Balaban J connectivity index is 0.000000304. The van der Waals surface area contributed by atoms with Crippen LogP contribution in [0.25, 0.3) is 0 Å². The van der Waals surface area contributed by atoms with Gasteiger partial charge in [-0.2, -0.15) is 18.4 Å². The number of alkyl halides is 3. The van der Waals surface area contributed by atoms with Gasteiger partial charge < -0.3 is 4.55 Å². The van der Waals surface area contributed by atoms with Crippen molar-refractivity contribution in [3.05, 3.63) is 18.2 Å². The number of hydrogen-bond donors (Lipinski definition) is 0. The van der Waals surface area contributed by atoms with Gasteiger partial charge >= 0.3 is 5.51 Å². The van der Waals surface area contributed by atoms with E-state index in [1.165, 1.54) is 0 Å². The first kappa shape index (κ1) is 15.4. The van der Waals surface area contributed by atoms with Crippen molar-refractivity contribution in [3.8, 4) is 6.07 Å². The van der Waals surface area contributed by atoms with Gasteiger partial charge in [-0.3, -0.25) is 0 Å². The summed E-state index contributed by atoms with van der Waals surface area (Å²) in [5.41, 5.74) is -4.97. The van der Waals surface area contributed by atoms with Gasteiger partial charge in [-0.1, -0.05) is 0 Å². The fraction of sp³-hybridized carbons (Fsp3) is 0.429. The lowest BCUT2D eigenvalue weighted by Crippen LogP contribution is -2.23. The molecule has 0 atom stereocenters. The van der Waals surface area contributed by atoms with Gasteiger partial charge in [0.1, 0.15) is 12.3 Å². The summed E-state index contributed by atoms with van der Waals surface area (Å²) in [6.07, 6.45) is 3.62. The maximum atomic E-state index is 10.7. The van der Waals surface area contributed by atoms with Gasteiger partial charge in [-0.25, -0.2) is 17.6 Å². The van der Waals surface area contributed by atoms with E-state index >= 15 is 0 Å². The Hall–Kier alpha value is -1.60. The minimum absolute atomic E-state index is 0.678. The second kappa shape index (κ2) is 5.15. The van der Waals surface area contributed by atoms with E-state index in [0.29, 0.717) is 5.69 Å². The molecular weight excluding hydrogens is 263 g/mol. The minimum atomic E-state index is -6.09. The normalized spacial score (nSPS) is 11.4. The van der Waals surface area contributed by atoms with Crippen LogP contribution < -0.4 is 4.57 Å². The topological polar surface area (TPSA) is 89.8 Å². The molecule has 10 heteroatoms. The van der Waals surface area contributed by atoms with Crippen LogP contribution in [0.15, 0.2) is 12.5 Å². The Kier molecular flexibility index (Phi) is 4.67. The molecule has 0 aliphatic carbocycles. The Bertz CT molecular complexity index is 527. The summed E-state index contributed by atoms with van der Waals surface area (Å²) in [5.74, 6) is 0. The second-order valence-corrected chi connectivity index (χ2v) is 4.29. The highest BCUT2D eigenvalue weighted by molar-refractivity contribution is 7.86. The van der Waals surface area contributed by atoms with Gasteiger partial charge in [0.25, 0.3) is 0 Å². The van der Waals surface area contributed by atoms with Crippen molar-refractivity contribution in [2.24, 2.45) is 14.1 Å². The van der Waals surface area contributed by atoms with Crippen LogP contribution in [-0.4, -0.2) is 23.0 Å². The van der Waals surface area contributed by atoms with Crippen LogP contribution in [0, 0.1) is 11.3 Å². The van der Waals surface area contributed by atoms with Crippen molar-refractivity contribution in [1.29, 1.82) is 5.26 Å². The Morgan fingerprint density at radius 1 is 1.53 bits per heavy atom. The number of halogens is 3. The zero-order chi connectivity index (χ0) is 13.9. The molecule has 0 saturated heterocycles. The molecule has 0 spiro atoms. The molecule has 96 valence electrons. The molecular formula is C7H8F3N3O3S. The minimum Gasteiger partial charge on any atom is -0.741 e. The van der Waals surface area contributed by atoms with Crippen LogP contribution in [0.2, 0.25) is 0 Å². The number of hydrogen-bond acceptors (Lipinski definition) is 4. The molecule has 0 amide bonds. The molecule has 1 aromatic heterocycles. The molecule has 0 N–H and O–H groups in total. The lowest BCUT2D eigenvalue weighted by molar-refractivity contribution is -0.671. The van der Waals surface area contributed by atoms with Gasteiger partial charge in [0.15, 0.2) is 10.1 Å². The van der Waals surface area contributed by atoms with Crippen molar-refractivity contribution in [3.63, 3.8) is 0 Å². The first-order valence-corrected chi connectivity index (χ1v) is 5.33. The molecule has 0 aromatic carbocycles. The van der Waals surface area contributed by atoms with Gasteiger partial charge in [-0.15, -0.1) is 0 Å². The molecule has 0 unspecified atom stereocenters. The maximum Gasteiger partial charge on any atom is 0.485 e. The molecule has 1 heterocycles. The molecule has 17 heavy (non-hydrogen) atoms. The molecule has 0 aliphatic heterocycles. The second-order valence-electron chi connectivity index (χ2n) is 2.92. The first-order valence-electron chi connectivity index (χ1n) is 3.93. The third-order valence-electron chi connectivity index (χ3n) is 1.46. The lowest BCUT2D eigenvalue weighted by atomic mass is 10.5. The van der Waals surface area contributed by atoms with E-state index in [-0.39, 0.29) is 0 Å².